The van der Waals surface area contributed by atoms with Crippen molar-refractivity contribution in [2.24, 2.45) is 11.7 Å². The summed E-state index contributed by atoms with van der Waals surface area (Å²) in [4.78, 5) is 0. The van der Waals surface area contributed by atoms with Crippen LogP contribution in [0.4, 0.5) is 0 Å². The number of hydrogen-bond acceptors (Lipinski definition) is 1. The van der Waals surface area contributed by atoms with Crippen LogP contribution in [0.2, 0.25) is 0 Å². The Labute approximate surface area is 123 Å². The Kier molecular flexibility index (Phi) is 3.72. The van der Waals surface area contributed by atoms with Gasteiger partial charge >= 0.3 is 0 Å². The Bertz CT molecular complexity index is 552. The standard InChI is InChI=1S/C17H18BrN/c18-14-8-4-5-12(9-14)10-17(19)16-11-15(16)13-6-2-1-3-7-13/h1-9,15-17H,10-11,19H2. The molecule has 0 saturated heterocycles. The van der Waals surface area contributed by atoms with Gasteiger partial charge in [-0.05, 0) is 47.9 Å². The predicted octanol–water partition coefficient (Wildman–Crippen LogP) is 4.12. The summed E-state index contributed by atoms with van der Waals surface area (Å²) >= 11 is 3.51. The Morgan fingerprint density at radius 3 is 2.63 bits per heavy atom. The third-order valence-electron chi connectivity index (χ3n) is 3.98. The third-order valence-corrected chi connectivity index (χ3v) is 4.47. The SMILES string of the molecule is NC(Cc1cccc(Br)c1)C1CC1c1ccccc1. The quantitative estimate of drug-likeness (QED) is 0.902. The maximum atomic E-state index is 6.37. The topological polar surface area (TPSA) is 26.0 Å². The van der Waals surface area contributed by atoms with Crippen LogP contribution in [-0.4, -0.2) is 6.04 Å². The minimum atomic E-state index is 0.263. The average molecular weight is 316 g/mol. The maximum Gasteiger partial charge on any atom is 0.0178 e. The fourth-order valence-corrected chi connectivity index (χ4v) is 3.31. The fraction of sp³-hybridized carbons (Fsp3) is 0.294. The molecule has 2 N–H and O–H groups in total. The summed E-state index contributed by atoms with van der Waals surface area (Å²) in [5.74, 6) is 1.31. The average Bonchev–Trinajstić information content (AvgIpc) is 3.20. The number of benzene rings is 2. The van der Waals surface area contributed by atoms with Gasteiger partial charge in [0.2, 0.25) is 0 Å². The highest BCUT2D eigenvalue weighted by atomic mass is 79.9. The Hall–Kier alpha value is -1.12. The van der Waals surface area contributed by atoms with Gasteiger partial charge < -0.3 is 5.73 Å². The van der Waals surface area contributed by atoms with Crippen LogP contribution in [0, 0.1) is 5.92 Å². The fourth-order valence-electron chi connectivity index (χ4n) is 2.86. The normalized spacial score (nSPS) is 23.1. The van der Waals surface area contributed by atoms with Crippen molar-refractivity contribution in [3.63, 3.8) is 0 Å². The summed E-state index contributed by atoms with van der Waals surface area (Å²) in [7, 11) is 0. The second-order valence-corrected chi connectivity index (χ2v) is 6.33. The van der Waals surface area contributed by atoms with Crippen LogP contribution < -0.4 is 5.73 Å². The summed E-state index contributed by atoms with van der Waals surface area (Å²) in [6.45, 7) is 0. The van der Waals surface area contributed by atoms with Gasteiger partial charge in [0.1, 0.15) is 0 Å². The molecule has 1 aliphatic carbocycles. The lowest BCUT2D eigenvalue weighted by molar-refractivity contribution is 0.577. The van der Waals surface area contributed by atoms with E-state index < -0.39 is 0 Å². The molecule has 2 heteroatoms. The van der Waals surface area contributed by atoms with Crippen LogP contribution in [-0.2, 0) is 6.42 Å². The van der Waals surface area contributed by atoms with Gasteiger partial charge in [-0.25, -0.2) is 0 Å². The number of halogens is 1. The molecule has 0 spiro atoms. The highest BCUT2D eigenvalue weighted by Gasteiger charge is 2.42. The lowest BCUT2D eigenvalue weighted by Crippen LogP contribution is -2.25. The molecule has 0 radical (unpaired) electrons. The summed E-state index contributed by atoms with van der Waals surface area (Å²) in [6, 6.07) is 19.5. The van der Waals surface area contributed by atoms with Crippen molar-refractivity contribution < 1.29 is 0 Å². The Balaban J connectivity index is 1.63. The lowest BCUT2D eigenvalue weighted by atomic mass is 10.00. The summed E-state index contributed by atoms with van der Waals surface area (Å²) in [6.07, 6.45) is 2.20. The van der Waals surface area contributed by atoms with Gasteiger partial charge in [0.25, 0.3) is 0 Å². The van der Waals surface area contributed by atoms with Crippen molar-refractivity contribution in [2.75, 3.05) is 0 Å². The molecule has 0 amide bonds. The van der Waals surface area contributed by atoms with Crippen molar-refractivity contribution in [1.82, 2.24) is 0 Å². The molecular weight excluding hydrogens is 298 g/mol. The van der Waals surface area contributed by atoms with Gasteiger partial charge in [-0.3, -0.25) is 0 Å². The zero-order chi connectivity index (χ0) is 13.2. The minimum absolute atomic E-state index is 0.263. The van der Waals surface area contributed by atoms with Crippen LogP contribution in [0.1, 0.15) is 23.5 Å². The van der Waals surface area contributed by atoms with E-state index in [1.807, 2.05) is 0 Å². The van der Waals surface area contributed by atoms with E-state index in [2.05, 4.69) is 70.5 Å². The van der Waals surface area contributed by atoms with Crippen LogP contribution in [0.5, 0.6) is 0 Å². The zero-order valence-electron chi connectivity index (χ0n) is 10.8. The smallest absolute Gasteiger partial charge is 0.0178 e. The highest BCUT2D eigenvalue weighted by molar-refractivity contribution is 9.10. The van der Waals surface area contributed by atoms with E-state index in [1.165, 1.54) is 17.5 Å². The second-order valence-electron chi connectivity index (χ2n) is 5.41. The molecular formula is C17H18BrN. The summed E-state index contributed by atoms with van der Waals surface area (Å²) < 4.78 is 1.13. The van der Waals surface area contributed by atoms with Gasteiger partial charge in [-0.15, -0.1) is 0 Å². The molecule has 3 rings (SSSR count). The van der Waals surface area contributed by atoms with E-state index >= 15 is 0 Å². The molecule has 98 valence electrons. The highest BCUT2D eigenvalue weighted by Crippen LogP contribution is 2.49. The molecule has 3 atom stereocenters. The Morgan fingerprint density at radius 2 is 1.89 bits per heavy atom. The summed E-state index contributed by atoms with van der Waals surface area (Å²) in [5.41, 5.74) is 9.14. The van der Waals surface area contributed by atoms with E-state index in [0.717, 1.165) is 10.9 Å². The molecule has 1 nitrogen and oxygen atoms in total. The van der Waals surface area contributed by atoms with Crippen LogP contribution in [0.15, 0.2) is 59.1 Å². The first-order valence-electron chi connectivity index (χ1n) is 6.79. The maximum absolute atomic E-state index is 6.37. The molecule has 19 heavy (non-hydrogen) atoms. The van der Waals surface area contributed by atoms with Crippen LogP contribution in [0.3, 0.4) is 0 Å². The first kappa shape index (κ1) is 12.9. The molecule has 2 aromatic rings. The molecule has 1 aliphatic rings. The molecule has 0 aliphatic heterocycles. The van der Waals surface area contributed by atoms with Crippen molar-refractivity contribution >= 4 is 15.9 Å². The van der Waals surface area contributed by atoms with E-state index in [0.29, 0.717) is 11.8 Å². The lowest BCUT2D eigenvalue weighted by Gasteiger charge is -2.12. The molecule has 0 heterocycles. The first-order chi connectivity index (χ1) is 9.24. The first-order valence-corrected chi connectivity index (χ1v) is 7.58. The number of rotatable bonds is 4. The van der Waals surface area contributed by atoms with Gasteiger partial charge in [0.05, 0.1) is 0 Å². The van der Waals surface area contributed by atoms with Gasteiger partial charge in [0.15, 0.2) is 0 Å². The van der Waals surface area contributed by atoms with Crippen molar-refractivity contribution in [3.8, 4) is 0 Å². The third kappa shape index (κ3) is 3.07. The van der Waals surface area contributed by atoms with Crippen molar-refractivity contribution in [2.45, 2.75) is 24.8 Å². The zero-order valence-corrected chi connectivity index (χ0v) is 12.4. The van der Waals surface area contributed by atoms with Gasteiger partial charge in [-0.1, -0.05) is 58.4 Å². The van der Waals surface area contributed by atoms with E-state index in [-0.39, 0.29) is 6.04 Å². The van der Waals surface area contributed by atoms with E-state index in [1.54, 1.807) is 0 Å². The molecule has 0 bridgehead atoms. The largest absolute Gasteiger partial charge is 0.327 e. The van der Waals surface area contributed by atoms with E-state index in [4.69, 9.17) is 5.73 Å². The van der Waals surface area contributed by atoms with Crippen molar-refractivity contribution in [1.29, 1.82) is 0 Å². The molecule has 2 aromatic carbocycles. The van der Waals surface area contributed by atoms with Crippen LogP contribution in [0.25, 0.3) is 0 Å². The molecule has 1 fully saturated rings. The summed E-state index contributed by atoms with van der Waals surface area (Å²) in [5, 5.41) is 0. The molecule has 1 saturated carbocycles. The van der Waals surface area contributed by atoms with E-state index in [9.17, 15) is 0 Å². The molecule has 3 unspecified atom stereocenters. The predicted molar refractivity (Wildman–Crippen MR) is 83.1 cm³/mol. The Morgan fingerprint density at radius 1 is 1.11 bits per heavy atom. The monoisotopic (exact) mass is 315 g/mol. The van der Waals surface area contributed by atoms with Gasteiger partial charge in [-0.2, -0.15) is 0 Å². The van der Waals surface area contributed by atoms with Gasteiger partial charge in [0, 0.05) is 10.5 Å². The number of nitrogens with two attached hydrogens (primary N) is 1. The number of hydrogen-bond donors (Lipinski definition) is 1. The molecule has 0 aromatic heterocycles. The second kappa shape index (κ2) is 5.48. The minimum Gasteiger partial charge on any atom is -0.327 e. The van der Waals surface area contributed by atoms with Crippen LogP contribution >= 0.6 is 15.9 Å². The van der Waals surface area contributed by atoms with Crippen molar-refractivity contribution in [3.05, 3.63) is 70.2 Å².